The average molecular weight is 559 g/mol. The highest BCUT2D eigenvalue weighted by Crippen LogP contribution is 2.33. The van der Waals surface area contributed by atoms with Gasteiger partial charge in [0.1, 0.15) is 10.7 Å². The van der Waals surface area contributed by atoms with Gasteiger partial charge in [-0.25, -0.2) is 9.69 Å². The number of nitrogens with one attached hydrogen (secondary N) is 2. The lowest BCUT2D eigenvalue weighted by atomic mass is 10.1. The highest BCUT2D eigenvalue weighted by molar-refractivity contribution is 6.53. The van der Waals surface area contributed by atoms with Gasteiger partial charge >= 0.3 is 5.97 Å². The molecule has 0 aliphatic carbocycles. The summed E-state index contributed by atoms with van der Waals surface area (Å²) < 4.78 is 4.97. The molecule has 1 aliphatic rings. The summed E-state index contributed by atoms with van der Waals surface area (Å²) in [6, 6.07) is 16.9. The maximum atomic E-state index is 12.9. The topological polar surface area (TPSA) is 105 Å². The summed E-state index contributed by atoms with van der Waals surface area (Å²) in [5, 5.41) is 5.72. The van der Waals surface area contributed by atoms with Crippen LogP contribution >= 0.6 is 34.8 Å². The number of hydrogen-bond donors (Lipinski definition) is 2. The first-order valence-electron chi connectivity index (χ1n) is 10.9. The fourth-order valence-electron chi connectivity index (χ4n) is 3.46. The SMILES string of the molecule is CCOC(=O)c1cccc(NC(=O)c2ccc(NC3=C(Cl)C(=O)N(c4ccc(Cl)c(Cl)c4)C3=O)cc2)c1. The first-order valence-corrected chi connectivity index (χ1v) is 12.0. The number of esters is 1. The number of halogens is 3. The van der Waals surface area contributed by atoms with Gasteiger partial charge < -0.3 is 15.4 Å². The number of benzene rings is 3. The Morgan fingerprint density at radius 1 is 0.838 bits per heavy atom. The van der Waals surface area contributed by atoms with E-state index in [0.29, 0.717) is 22.5 Å². The maximum Gasteiger partial charge on any atom is 0.338 e. The van der Waals surface area contributed by atoms with Gasteiger partial charge in [-0.3, -0.25) is 14.4 Å². The minimum Gasteiger partial charge on any atom is -0.462 e. The molecule has 4 rings (SSSR count). The Bertz CT molecular complexity index is 1450. The third kappa shape index (κ3) is 5.61. The standard InChI is InChI=1S/C26H18Cl3N3O5/c1-2-37-26(36)15-4-3-5-17(12-15)31-23(33)14-6-8-16(9-7-14)30-22-21(29)24(34)32(25(22)35)18-10-11-19(27)20(28)13-18/h3-13,30H,2H2,1H3,(H,31,33). The molecule has 0 aromatic heterocycles. The lowest BCUT2D eigenvalue weighted by molar-refractivity contribution is -0.120. The molecule has 0 saturated carbocycles. The van der Waals surface area contributed by atoms with E-state index in [0.717, 1.165) is 4.90 Å². The van der Waals surface area contributed by atoms with Gasteiger partial charge in [-0.05, 0) is 67.6 Å². The van der Waals surface area contributed by atoms with Crippen molar-refractivity contribution in [3.05, 3.63) is 98.6 Å². The number of amides is 3. The Morgan fingerprint density at radius 3 is 2.24 bits per heavy atom. The molecule has 2 N–H and O–H groups in total. The molecule has 1 heterocycles. The van der Waals surface area contributed by atoms with Crippen LogP contribution in [-0.2, 0) is 14.3 Å². The van der Waals surface area contributed by atoms with Crippen molar-refractivity contribution in [2.24, 2.45) is 0 Å². The molecule has 0 fully saturated rings. The van der Waals surface area contributed by atoms with E-state index in [1.165, 1.54) is 36.4 Å². The maximum absolute atomic E-state index is 12.9. The smallest absolute Gasteiger partial charge is 0.338 e. The molecule has 0 atom stereocenters. The molecule has 37 heavy (non-hydrogen) atoms. The number of ether oxygens (including phenoxy) is 1. The van der Waals surface area contributed by atoms with Gasteiger partial charge in [0.15, 0.2) is 0 Å². The van der Waals surface area contributed by atoms with Crippen molar-refractivity contribution in [1.29, 1.82) is 0 Å². The van der Waals surface area contributed by atoms with Gasteiger partial charge in [0.05, 0.1) is 27.9 Å². The van der Waals surface area contributed by atoms with Crippen LogP contribution in [0.2, 0.25) is 10.0 Å². The van der Waals surface area contributed by atoms with E-state index < -0.39 is 23.7 Å². The first kappa shape index (κ1) is 26.2. The summed E-state index contributed by atoms with van der Waals surface area (Å²) in [6.45, 7) is 1.95. The summed E-state index contributed by atoms with van der Waals surface area (Å²) in [4.78, 5) is 51.1. The lowest BCUT2D eigenvalue weighted by Gasteiger charge is -2.15. The number of carbonyl (C=O) groups excluding carboxylic acids is 4. The Kier molecular flexibility index (Phi) is 7.83. The van der Waals surface area contributed by atoms with Crippen LogP contribution < -0.4 is 15.5 Å². The third-order valence-corrected chi connectivity index (χ3v) is 6.33. The summed E-state index contributed by atoms with van der Waals surface area (Å²) in [5.74, 6) is -2.28. The van der Waals surface area contributed by atoms with Crippen LogP contribution in [0.3, 0.4) is 0 Å². The predicted molar refractivity (Wildman–Crippen MR) is 142 cm³/mol. The van der Waals surface area contributed by atoms with E-state index in [1.54, 1.807) is 37.3 Å². The zero-order chi connectivity index (χ0) is 26.7. The molecule has 3 aromatic rings. The van der Waals surface area contributed by atoms with Crippen molar-refractivity contribution < 1.29 is 23.9 Å². The Morgan fingerprint density at radius 2 is 1.57 bits per heavy atom. The molecule has 0 spiro atoms. The number of imide groups is 1. The van der Waals surface area contributed by atoms with Gasteiger partial charge in [-0.1, -0.05) is 40.9 Å². The number of anilines is 3. The van der Waals surface area contributed by atoms with Crippen molar-refractivity contribution in [3.63, 3.8) is 0 Å². The lowest BCUT2D eigenvalue weighted by Crippen LogP contribution is -2.32. The van der Waals surface area contributed by atoms with Crippen molar-refractivity contribution in [3.8, 4) is 0 Å². The van der Waals surface area contributed by atoms with Crippen molar-refractivity contribution in [2.75, 3.05) is 22.1 Å². The molecule has 188 valence electrons. The second kappa shape index (κ2) is 11.0. The molecule has 0 radical (unpaired) electrons. The van der Waals surface area contributed by atoms with Crippen molar-refractivity contribution in [2.45, 2.75) is 6.92 Å². The molecule has 0 bridgehead atoms. The van der Waals surface area contributed by atoms with Gasteiger partial charge in [-0.15, -0.1) is 0 Å². The van der Waals surface area contributed by atoms with E-state index >= 15 is 0 Å². The van der Waals surface area contributed by atoms with Crippen molar-refractivity contribution >= 4 is 75.6 Å². The number of carbonyl (C=O) groups is 4. The molecule has 1 aliphatic heterocycles. The zero-order valence-electron chi connectivity index (χ0n) is 19.2. The number of rotatable bonds is 7. The molecule has 8 nitrogen and oxygen atoms in total. The van der Waals surface area contributed by atoms with E-state index in [1.807, 2.05) is 0 Å². The van der Waals surface area contributed by atoms with Crippen LogP contribution in [0.15, 0.2) is 77.5 Å². The van der Waals surface area contributed by atoms with Crippen LogP contribution in [0, 0.1) is 0 Å². The number of hydrogen-bond acceptors (Lipinski definition) is 6. The van der Waals surface area contributed by atoms with Crippen LogP contribution in [0.4, 0.5) is 17.1 Å². The van der Waals surface area contributed by atoms with Gasteiger partial charge in [0.25, 0.3) is 17.7 Å². The monoisotopic (exact) mass is 557 g/mol. The molecule has 0 unspecified atom stereocenters. The minimum atomic E-state index is -0.714. The average Bonchev–Trinajstić information content (AvgIpc) is 3.09. The molecule has 0 saturated heterocycles. The van der Waals surface area contributed by atoms with Gasteiger partial charge in [0.2, 0.25) is 0 Å². The summed E-state index contributed by atoms with van der Waals surface area (Å²) in [6.07, 6.45) is 0. The predicted octanol–water partition coefficient (Wildman–Crippen LogP) is 5.86. The highest BCUT2D eigenvalue weighted by Gasteiger charge is 2.39. The Hall–Kier alpha value is -3.85. The Labute approximate surface area is 226 Å². The molecule has 11 heteroatoms. The summed E-state index contributed by atoms with van der Waals surface area (Å²) >= 11 is 18.1. The van der Waals surface area contributed by atoms with Crippen LogP contribution in [-0.4, -0.2) is 30.3 Å². The minimum absolute atomic E-state index is 0.120. The van der Waals surface area contributed by atoms with Crippen molar-refractivity contribution in [1.82, 2.24) is 0 Å². The molecular formula is C26H18Cl3N3O5. The van der Waals surface area contributed by atoms with E-state index in [-0.39, 0.29) is 33.1 Å². The van der Waals surface area contributed by atoms with Crippen LogP contribution in [0.1, 0.15) is 27.6 Å². The van der Waals surface area contributed by atoms with Gasteiger partial charge in [-0.2, -0.15) is 0 Å². The van der Waals surface area contributed by atoms with E-state index in [4.69, 9.17) is 39.5 Å². The summed E-state index contributed by atoms with van der Waals surface area (Å²) in [5.41, 5.74) is 1.58. The van der Waals surface area contributed by atoms with E-state index in [9.17, 15) is 19.2 Å². The van der Waals surface area contributed by atoms with Crippen LogP contribution in [0.25, 0.3) is 0 Å². The largest absolute Gasteiger partial charge is 0.462 e. The highest BCUT2D eigenvalue weighted by atomic mass is 35.5. The fourth-order valence-corrected chi connectivity index (χ4v) is 3.97. The molecule has 3 aromatic carbocycles. The number of nitrogens with zero attached hydrogens (tertiary/aromatic N) is 1. The second-order valence-electron chi connectivity index (χ2n) is 7.69. The quantitative estimate of drug-likeness (QED) is 0.278. The second-order valence-corrected chi connectivity index (χ2v) is 8.88. The molecular weight excluding hydrogens is 541 g/mol. The summed E-state index contributed by atoms with van der Waals surface area (Å²) in [7, 11) is 0. The van der Waals surface area contributed by atoms with Crippen LogP contribution in [0.5, 0.6) is 0 Å². The Balaban J connectivity index is 1.45. The first-order chi connectivity index (χ1) is 17.7. The fraction of sp³-hybridized carbons (Fsp3) is 0.0769. The normalized spacial score (nSPS) is 13.1. The van der Waals surface area contributed by atoms with Gasteiger partial charge in [0, 0.05) is 16.9 Å². The zero-order valence-corrected chi connectivity index (χ0v) is 21.4. The van der Waals surface area contributed by atoms with E-state index in [2.05, 4.69) is 10.6 Å². The third-order valence-electron chi connectivity index (χ3n) is 5.24. The molecule has 3 amide bonds.